The Kier molecular flexibility index (Phi) is 6.22. The summed E-state index contributed by atoms with van der Waals surface area (Å²) in [4.78, 5) is 12.5. The second-order valence-electron chi connectivity index (χ2n) is 5.64. The molecule has 1 aromatic carbocycles. The average Bonchev–Trinajstić information content (AvgIpc) is 2.72. The lowest BCUT2D eigenvalue weighted by Gasteiger charge is -2.20. The highest BCUT2D eigenvalue weighted by molar-refractivity contribution is 7.89. The van der Waals surface area contributed by atoms with Crippen molar-refractivity contribution in [3.8, 4) is 0 Å². The van der Waals surface area contributed by atoms with E-state index in [0.717, 1.165) is 19.3 Å². The van der Waals surface area contributed by atoms with E-state index in [1.807, 2.05) is 0 Å². The van der Waals surface area contributed by atoms with E-state index in [2.05, 4.69) is 4.72 Å². The molecular formula is C15H19F3N2O3S. The first-order valence-electron chi connectivity index (χ1n) is 7.73. The van der Waals surface area contributed by atoms with Gasteiger partial charge in [-0.1, -0.05) is 6.42 Å². The lowest BCUT2D eigenvalue weighted by atomic mass is 10.2. The van der Waals surface area contributed by atoms with E-state index in [4.69, 9.17) is 0 Å². The Morgan fingerprint density at radius 1 is 1.04 bits per heavy atom. The van der Waals surface area contributed by atoms with E-state index in [0.29, 0.717) is 32.0 Å². The van der Waals surface area contributed by atoms with Gasteiger partial charge in [0.15, 0.2) is 11.6 Å². The molecular weight excluding hydrogens is 345 g/mol. The van der Waals surface area contributed by atoms with Gasteiger partial charge in [-0.2, -0.15) is 0 Å². The molecule has 1 heterocycles. The van der Waals surface area contributed by atoms with E-state index < -0.39 is 32.4 Å². The number of likely N-dealkylation sites (tertiary alicyclic amines) is 1. The van der Waals surface area contributed by atoms with Gasteiger partial charge in [0.2, 0.25) is 15.9 Å². The molecule has 0 spiro atoms. The van der Waals surface area contributed by atoms with Crippen LogP contribution in [0.25, 0.3) is 0 Å². The smallest absolute Gasteiger partial charge is 0.243 e. The van der Waals surface area contributed by atoms with Gasteiger partial charge in [0.25, 0.3) is 0 Å². The van der Waals surface area contributed by atoms with E-state index in [-0.39, 0.29) is 18.5 Å². The number of carbonyl (C=O) groups excluding carboxylic acids is 1. The van der Waals surface area contributed by atoms with Crippen LogP contribution in [0.2, 0.25) is 0 Å². The van der Waals surface area contributed by atoms with Crippen molar-refractivity contribution >= 4 is 15.9 Å². The molecule has 0 unspecified atom stereocenters. The summed E-state index contributed by atoms with van der Waals surface area (Å²) in [6.45, 7) is 0.996. The van der Waals surface area contributed by atoms with Crippen LogP contribution >= 0.6 is 0 Å². The van der Waals surface area contributed by atoms with Gasteiger partial charge < -0.3 is 4.90 Å². The number of sulfonamides is 1. The van der Waals surface area contributed by atoms with Crippen LogP contribution in [-0.4, -0.2) is 38.9 Å². The molecule has 2 rings (SSSR count). The van der Waals surface area contributed by atoms with Gasteiger partial charge in [0.05, 0.1) is 0 Å². The maximum Gasteiger partial charge on any atom is 0.243 e. The highest BCUT2D eigenvalue weighted by atomic mass is 32.2. The molecule has 9 heteroatoms. The van der Waals surface area contributed by atoms with Crippen LogP contribution in [0, 0.1) is 17.5 Å². The number of nitrogens with zero attached hydrogens (tertiary/aromatic N) is 1. The van der Waals surface area contributed by atoms with E-state index >= 15 is 0 Å². The molecule has 5 nitrogen and oxygen atoms in total. The Bertz CT molecular complexity index is 710. The van der Waals surface area contributed by atoms with Gasteiger partial charge >= 0.3 is 0 Å². The van der Waals surface area contributed by atoms with Crippen molar-refractivity contribution in [2.45, 2.75) is 37.0 Å². The molecule has 1 aliphatic rings. The maximum absolute atomic E-state index is 13.5. The number of hydrogen-bond donors (Lipinski definition) is 1. The molecule has 0 aromatic heterocycles. The monoisotopic (exact) mass is 364 g/mol. The van der Waals surface area contributed by atoms with Crippen LogP contribution in [0.3, 0.4) is 0 Å². The second-order valence-corrected chi connectivity index (χ2v) is 7.37. The summed E-state index contributed by atoms with van der Waals surface area (Å²) in [6.07, 6.45) is 3.60. The molecule has 0 bridgehead atoms. The predicted molar refractivity (Wildman–Crippen MR) is 81.2 cm³/mol. The van der Waals surface area contributed by atoms with E-state index in [9.17, 15) is 26.4 Å². The van der Waals surface area contributed by atoms with Crippen LogP contribution in [-0.2, 0) is 14.8 Å². The third-order valence-corrected chi connectivity index (χ3v) is 5.31. The van der Waals surface area contributed by atoms with Crippen molar-refractivity contribution in [1.82, 2.24) is 9.62 Å². The third-order valence-electron chi connectivity index (χ3n) is 3.83. The number of rotatable bonds is 6. The van der Waals surface area contributed by atoms with Gasteiger partial charge in [-0.05, 0) is 25.3 Å². The first-order valence-corrected chi connectivity index (χ1v) is 9.21. The first kappa shape index (κ1) is 18.7. The largest absolute Gasteiger partial charge is 0.343 e. The summed E-state index contributed by atoms with van der Waals surface area (Å²) in [5.74, 6) is -4.20. The van der Waals surface area contributed by atoms with Crippen molar-refractivity contribution in [1.29, 1.82) is 0 Å². The fraction of sp³-hybridized carbons (Fsp3) is 0.533. The summed E-state index contributed by atoms with van der Waals surface area (Å²) < 4.78 is 65.6. The summed E-state index contributed by atoms with van der Waals surface area (Å²) in [5, 5.41) is 0. The lowest BCUT2D eigenvalue weighted by Crippen LogP contribution is -2.34. The van der Waals surface area contributed by atoms with Crippen molar-refractivity contribution in [2.24, 2.45) is 0 Å². The average molecular weight is 364 g/mol. The molecule has 0 atom stereocenters. The van der Waals surface area contributed by atoms with Gasteiger partial charge in [-0.25, -0.2) is 26.3 Å². The molecule has 1 amide bonds. The molecule has 1 N–H and O–H groups in total. The standard InChI is InChI=1S/C15H19F3N2O3S/c16-11-9-13(18)14(10-12(11)17)24(22,23)19-6-4-8-20-7-3-1-2-5-15(20)21/h9-10,19H,1-8H2. The summed E-state index contributed by atoms with van der Waals surface area (Å²) in [6, 6.07) is 0.505. The molecule has 1 saturated heterocycles. The van der Waals surface area contributed by atoms with Crippen LogP contribution in [0.1, 0.15) is 32.1 Å². The quantitative estimate of drug-likeness (QED) is 0.621. The fourth-order valence-corrected chi connectivity index (χ4v) is 3.68. The predicted octanol–water partition coefficient (Wildman–Crippen LogP) is 2.17. The molecule has 1 aliphatic heterocycles. The van der Waals surface area contributed by atoms with Crippen LogP contribution < -0.4 is 4.72 Å². The van der Waals surface area contributed by atoms with Gasteiger partial charge in [0, 0.05) is 32.1 Å². The highest BCUT2D eigenvalue weighted by Crippen LogP contribution is 2.18. The van der Waals surface area contributed by atoms with Gasteiger partial charge in [-0.15, -0.1) is 0 Å². The summed E-state index contributed by atoms with van der Waals surface area (Å²) in [5.41, 5.74) is 0. The van der Waals surface area contributed by atoms with Crippen molar-refractivity contribution in [3.63, 3.8) is 0 Å². The minimum absolute atomic E-state index is 0.0372. The normalized spacial score (nSPS) is 16.3. The SMILES string of the molecule is O=C1CCCCCN1CCCNS(=O)(=O)c1cc(F)c(F)cc1F. The van der Waals surface area contributed by atoms with Crippen molar-refractivity contribution in [2.75, 3.05) is 19.6 Å². The summed E-state index contributed by atoms with van der Waals surface area (Å²) >= 11 is 0. The summed E-state index contributed by atoms with van der Waals surface area (Å²) in [7, 11) is -4.29. The highest BCUT2D eigenvalue weighted by Gasteiger charge is 2.22. The Morgan fingerprint density at radius 3 is 2.50 bits per heavy atom. The van der Waals surface area contributed by atoms with Gasteiger partial charge in [0.1, 0.15) is 10.7 Å². The zero-order chi connectivity index (χ0) is 17.7. The number of nitrogens with one attached hydrogen (secondary N) is 1. The molecule has 0 saturated carbocycles. The van der Waals surface area contributed by atoms with Crippen LogP contribution in [0.15, 0.2) is 17.0 Å². The van der Waals surface area contributed by atoms with E-state index in [1.54, 1.807) is 4.90 Å². The molecule has 1 aromatic rings. The zero-order valence-electron chi connectivity index (χ0n) is 13.0. The molecule has 24 heavy (non-hydrogen) atoms. The Hall–Kier alpha value is -1.61. The van der Waals surface area contributed by atoms with Crippen LogP contribution in [0.5, 0.6) is 0 Å². The minimum Gasteiger partial charge on any atom is -0.343 e. The van der Waals surface area contributed by atoms with Gasteiger partial charge in [-0.3, -0.25) is 4.79 Å². The number of benzene rings is 1. The number of amides is 1. The van der Waals surface area contributed by atoms with Crippen molar-refractivity contribution in [3.05, 3.63) is 29.6 Å². The first-order chi connectivity index (χ1) is 11.3. The second kappa shape index (κ2) is 7.98. The molecule has 0 radical (unpaired) electrons. The number of hydrogen-bond acceptors (Lipinski definition) is 3. The lowest BCUT2D eigenvalue weighted by molar-refractivity contribution is -0.130. The topological polar surface area (TPSA) is 66.5 Å². The Labute approximate surface area is 138 Å². The Morgan fingerprint density at radius 2 is 1.75 bits per heavy atom. The minimum atomic E-state index is -4.29. The van der Waals surface area contributed by atoms with E-state index in [1.165, 1.54) is 0 Å². The maximum atomic E-state index is 13.5. The molecule has 134 valence electrons. The molecule has 1 fully saturated rings. The molecule has 0 aliphatic carbocycles. The third kappa shape index (κ3) is 4.70. The Balaban J connectivity index is 1.91. The zero-order valence-corrected chi connectivity index (χ0v) is 13.8. The number of halogens is 3. The van der Waals surface area contributed by atoms with Crippen LogP contribution in [0.4, 0.5) is 13.2 Å². The number of carbonyl (C=O) groups is 1. The van der Waals surface area contributed by atoms with Crippen molar-refractivity contribution < 1.29 is 26.4 Å². The fourth-order valence-electron chi connectivity index (χ4n) is 2.54.